The molecule has 2 nitrogen and oxygen atoms in total. The number of rotatable bonds is 0. The Morgan fingerprint density at radius 1 is 1.15 bits per heavy atom. The minimum atomic E-state index is -0.0510. The van der Waals surface area contributed by atoms with Crippen LogP contribution in [-0.4, -0.2) is 11.6 Å². The Morgan fingerprint density at radius 2 is 2.00 bits per heavy atom. The molecule has 106 valence electrons. The first-order chi connectivity index (χ1) is 9.59. The Kier molecular flexibility index (Phi) is 2.61. The number of carbonyl (C=O) groups excluding carboxylic acids is 2. The zero-order valence-electron chi connectivity index (χ0n) is 12.2. The average molecular weight is 270 g/mol. The van der Waals surface area contributed by atoms with Crippen LogP contribution < -0.4 is 0 Å². The first-order valence-electron chi connectivity index (χ1n) is 8.06. The summed E-state index contributed by atoms with van der Waals surface area (Å²) in [5.74, 6) is 2.05. The van der Waals surface area contributed by atoms with Gasteiger partial charge in [-0.25, -0.2) is 0 Å². The Bertz CT molecular complexity index is 566. The topological polar surface area (TPSA) is 34.1 Å². The highest BCUT2D eigenvalue weighted by molar-refractivity contribution is 5.88. The zero-order chi connectivity index (χ0) is 13.9. The minimum absolute atomic E-state index is 0.0510. The summed E-state index contributed by atoms with van der Waals surface area (Å²) in [5.41, 5.74) is 4.39. The monoisotopic (exact) mass is 270 g/mol. The van der Waals surface area contributed by atoms with Crippen LogP contribution in [0.5, 0.6) is 0 Å². The van der Waals surface area contributed by atoms with Crippen molar-refractivity contribution in [1.29, 1.82) is 0 Å². The largest absolute Gasteiger partial charge is 0.299 e. The lowest BCUT2D eigenvalue weighted by molar-refractivity contribution is -0.128. The molecule has 0 spiro atoms. The van der Waals surface area contributed by atoms with Crippen molar-refractivity contribution in [3.05, 3.63) is 22.8 Å². The van der Waals surface area contributed by atoms with Crippen molar-refractivity contribution in [2.75, 3.05) is 0 Å². The molecule has 4 aliphatic carbocycles. The molecule has 0 unspecified atom stereocenters. The highest BCUT2D eigenvalue weighted by Gasteiger charge is 2.52. The Morgan fingerprint density at radius 3 is 2.85 bits per heavy atom. The third-order valence-electron chi connectivity index (χ3n) is 6.42. The molecule has 4 aliphatic rings. The fraction of sp³-hybridized carbons (Fsp3) is 0.667. The summed E-state index contributed by atoms with van der Waals surface area (Å²) in [4.78, 5) is 23.9. The van der Waals surface area contributed by atoms with Gasteiger partial charge in [0.15, 0.2) is 0 Å². The summed E-state index contributed by atoms with van der Waals surface area (Å²) in [6, 6.07) is 0. The van der Waals surface area contributed by atoms with Gasteiger partial charge in [0, 0.05) is 24.7 Å². The highest BCUT2D eigenvalue weighted by atomic mass is 16.1. The number of carbonyl (C=O) groups is 2. The lowest BCUT2D eigenvalue weighted by Gasteiger charge is -2.45. The molecule has 0 aromatic heterocycles. The number of ketones is 2. The Labute approximate surface area is 120 Å². The van der Waals surface area contributed by atoms with Crippen LogP contribution in [0.25, 0.3) is 0 Å². The lowest BCUT2D eigenvalue weighted by atomic mass is 9.58. The number of hydrogen-bond donors (Lipinski definition) is 0. The van der Waals surface area contributed by atoms with Gasteiger partial charge >= 0.3 is 0 Å². The van der Waals surface area contributed by atoms with Gasteiger partial charge in [-0.15, -0.1) is 0 Å². The van der Waals surface area contributed by atoms with Gasteiger partial charge in [0.1, 0.15) is 11.6 Å². The normalized spacial score (nSPS) is 40.1. The molecule has 20 heavy (non-hydrogen) atoms. The summed E-state index contributed by atoms with van der Waals surface area (Å²) >= 11 is 0. The lowest BCUT2D eigenvalue weighted by Crippen LogP contribution is -2.39. The molecule has 0 saturated heterocycles. The second-order valence-corrected chi connectivity index (χ2v) is 7.28. The molecule has 0 radical (unpaired) electrons. The molecule has 0 N–H and O–H groups in total. The summed E-state index contributed by atoms with van der Waals surface area (Å²) in [5, 5.41) is 0. The molecule has 3 fully saturated rings. The first-order valence-corrected chi connectivity index (χ1v) is 8.06. The maximum absolute atomic E-state index is 12.3. The minimum Gasteiger partial charge on any atom is -0.299 e. The average Bonchev–Trinajstić information content (AvgIpc) is 2.74. The molecule has 3 saturated carbocycles. The van der Waals surface area contributed by atoms with E-state index in [1.54, 1.807) is 5.57 Å². The van der Waals surface area contributed by atoms with E-state index in [1.165, 1.54) is 11.1 Å². The zero-order valence-corrected chi connectivity index (χ0v) is 12.2. The van der Waals surface area contributed by atoms with Gasteiger partial charge in [-0.3, -0.25) is 9.59 Å². The number of allylic oxidation sites excluding steroid dienone is 4. The van der Waals surface area contributed by atoms with Crippen LogP contribution in [0.15, 0.2) is 22.8 Å². The molecular weight excluding hydrogens is 248 g/mol. The number of fused-ring (bicyclic) bond motifs is 4. The van der Waals surface area contributed by atoms with Gasteiger partial charge in [0.25, 0.3) is 0 Å². The van der Waals surface area contributed by atoms with E-state index in [2.05, 4.69) is 13.0 Å². The first kappa shape index (κ1) is 12.6. The van der Waals surface area contributed by atoms with E-state index in [4.69, 9.17) is 0 Å². The van der Waals surface area contributed by atoms with Gasteiger partial charge in [-0.1, -0.05) is 18.6 Å². The second kappa shape index (κ2) is 4.16. The van der Waals surface area contributed by atoms with Gasteiger partial charge in [0.2, 0.25) is 0 Å². The van der Waals surface area contributed by atoms with Crippen LogP contribution in [0.1, 0.15) is 58.3 Å². The summed E-state index contributed by atoms with van der Waals surface area (Å²) < 4.78 is 0. The van der Waals surface area contributed by atoms with Gasteiger partial charge in [-0.2, -0.15) is 0 Å². The van der Waals surface area contributed by atoms with Gasteiger partial charge < -0.3 is 0 Å². The van der Waals surface area contributed by atoms with Crippen molar-refractivity contribution >= 4 is 11.6 Å². The molecule has 3 atom stereocenters. The molecule has 0 bridgehead atoms. The van der Waals surface area contributed by atoms with E-state index in [-0.39, 0.29) is 5.41 Å². The van der Waals surface area contributed by atoms with E-state index in [0.29, 0.717) is 29.8 Å². The third-order valence-corrected chi connectivity index (χ3v) is 6.42. The fourth-order valence-corrected chi connectivity index (χ4v) is 5.24. The maximum atomic E-state index is 12.3. The predicted octanol–water partition coefficient (Wildman–Crippen LogP) is 3.76. The van der Waals surface area contributed by atoms with Crippen LogP contribution in [0.3, 0.4) is 0 Å². The van der Waals surface area contributed by atoms with Crippen molar-refractivity contribution in [2.24, 2.45) is 17.3 Å². The quantitative estimate of drug-likeness (QED) is 0.671. The molecule has 0 aromatic carbocycles. The van der Waals surface area contributed by atoms with E-state index >= 15 is 0 Å². The predicted molar refractivity (Wildman–Crippen MR) is 77.1 cm³/mol. The third kappa shape index (κ3) is 1.57. The highest BCUT2D eigenvalue weighted by Crippen LogP contribution is 2.57. The van der Waals surface area contributed by atoms with Crippen LogP contribution in [-0.2, 0) is 9.59 Å². The van der Waals surface area contributed by atoms with E-state index < -0.39 is 0 Å². The molecule has 0 aromatic rings. The van der Waals surface area contributed by atoms with Gasteiger partial charge in [0.05, 0.1) is 0 Å². The SMILES string of the molecule is C[C@]12CCC3=C4CCC(=O)CC4=CC[C@H]3[C@@H]1CCC2=O. The molecule has 2 heteroatoms. The summed E-state index contributed by atoms with van der Waals surface area (Å²) in [7, 11) is 0. The van der Waals surface area contributed by atoms with Crippen LogP contribution >= 0.6 is 0 Å². The van der Waals surface area contributed by atoms with Crippen molar-refractivity contribution in [3.8, 4) is 0 Å². The molecule has 0 amide bonds. The Hall–Kier alpha value is -1.18. The standard InChI is InChI=1S/C18H22O2/c1-18-9-8-14-13-5-3-12(19)10-11(13)2-4-15(14)16(18)6-7-17(18)20/h2,15-16H,3-10H2,1H3/t15-,16+,18+/m1/s1. The number of Topliss-reactive ketones (excluding diaryl/α,β-unsaturated/α-hetero) is 2. The van der Waals surface area contributed by atoms with Crippen LogP contribution in [0.4, 0.5) is 0 Å². The van der Waals surface area contributed by atoms with E-state index in [1.807, 2.05) is 0 Å². The summed E-state index contributed by atoms with van der Waals surface area (Å²) in [6.45, 7) is 2.21. The van der Waals surface area contributed by atoms with Gasteiger partial charge in [-0.05, 0) is 55.1 Å². The molecular formula is C18H22O2. The van der Waals surface area contributed by atoms with E-state index in [0.717, 1.165) is 44.9 Å². The smallest absolute Gasteiger partial charge is 0.139 e. The van der Waals surface area contributed by atoms with Crippen molar-refractivity contribution in [1.82, 2.24) is 0 Å². The van der Waals surface area contributed by atoms with Crippen molar-refractivity contribution in [3.63, 3.8) is 0 Å². The Balaban J connectivity index is 1.72. The summed E-state index contributed by atoms with van der Waals surface area (Å²) in [6.07, 6.45) is 9.71. The molecule has 0 aliphatic heterocycles. The van der Waals surface area contributed by atoms with Crippen molar-refractivity contribution in [2.45, 2.75) is 58.3 Å². The fourth-order valence-electron chi connectivity index (χ4n) is 5.24. The van der Waals surface area contributed by atoms with E-state index in [9.17, 15) is 9.59 Å². The van der Waals surface area contributed by atoms with Crippen molar-refractivity contribution < 1.29 is 9.59 Å². The number of hydrogen-bond acceptors (Lipinski definition) is 2. The second-order valence-electron chi connectivity index (χ2n) is 7.28. The molecule has 4 rings (SSSR count). The van der Waals surface area contributed by atoms with Crippen LogP contribution in [0.2, 0.25) is 0 Å². The molecule has 0 heterocycles. The van der Waals surface area contributed by atoms with Crippen LogP contribution in [0, 0.1) is 17.3 Å². The maximum Gasteiger partial charge on any atom is 0.139 e.